The Morgan fingerprint density at radius 2 is 1.75 bits per heavy atom. The average molecular weight is 470 g/mol. The van der Waals surface area contributed by atoms with Crippen molar-refractivity contribution in [2.45, 2.75) is 27.1 Å². The van der Waals surface area contributed by atoms with Crippen molar-refractivity contribution < 1.29 is 9.53 Å². The van der Waals surface area contributed by atoms with E-state index in [-0.39, 0.29) is 18.2 Å². The number of carbonyl (C=O) groups is 1. The zero-order chi connectivity index (χ0) is 22.7. The van der Waals surface area contributed by atoms with E-state index in [4.69, 9.17) is 27.9 Å². The summed E-state index contributed by atoms with van der Waals surface area (Å²) in [6, 6.07) is 15.1. The van der Waals surface area contributed by atoms with Crippen LogP contribution in [0.4, 0.5) is 5.82 Å². The van der Waals surface area contributed by atoms with Crippen molar-refractivity contribution in [3.8, 4) is 5.75 Å². The highest BCUT2D eigenvalue weighted by Gasteiger charge is 2.15. The van der Waals surface area contributed by atoms with E-state index >= 15 is 0 Å². The van der Waals surface area contributed by atoms with E-state index in [0.29, 0.717) is 16.6 Å². The molecule has 2 heterocycles. The molecule has 0 aliphatic heterocycles. The number of anilines is 1. The van der Waals surface area contributed by atoms with Gasteiger partial charge in [-0.2, -0.15) is 10.2 Å². The minimum absolute atomic E-state index is 0.184. The van der Waals surface area contributed by atoms with E-state index in [2.05, 4.69) is 21.6 Å². The number of nitrogens with zero attached hydrogens (tertiary/aromatic N) is 4. The van der Waals surface area contributed by atoms with E-state index in [9.17, 15) is 4.79 Å². The van der Waals surface area contributed by atoms with Crippen LogP contribution in [-0.4, -0.2) is 25.5 Å². The standard InChI is InChI=1S/C23H21Cl2N5O2/c1-15-9-16(2)11-18(10-15)32-14-29-8-7-21(27-29)23(31)26-22-20(25)13-30(28-22)12-17-5-3-4-6-19(17)24/h3-11,13H,12,14H2,1-2H3,(H,26,28,31). The molecule has 0 bridgehead atoms. The molecule has 0 spiro atoms. The van der Waals surface area contributed by atoms with Gasteiger partial charge in [0, 0.05) is 17.4 Å². The van der Waals surface area contributed by atoms with Crippen molar-refractivity contribution in [1.82, 2.24) is 19.6 Å². The fraction of sp³-hybridized carbons (Fsp3) is 0.174. The third-order valence-electron chi connectivity index (χ3n) is 4.67. The zero-order valence-corrected chi connectivity index (χ0v) is 19.1. The topological polar surface area (TPSA) is 74.0 Å². The Kier molecular flexibility index (Phi) is 6.48. The van der Waals surface area contributed by atoms with E-state index in [1.165, 1.54) is 0 Å². The lowest BCUT2D eigenvalue weighted by Gasteiger charge is -2.08. The monoisotopic (exact) mass is 469 g/mol. The van der Waals surface area contributed by atoms with Crippen LogP contribution in [0.2, 0.25) is 10.0 Å². The molecule has 2 aromatic carbocycles. The van der Waals surface area contributed by atoms with Gasteiger partial charge in [-0.1, -0.05) is 47.5 Å². The van der Waals surface area contributed by atoms with Gasteiger partial charge in [0.05, 0.1) is 6.54 Å². The zero-order valence-electron chi connectivity index (χ0n) is 17.5. The maximum atomic E-state index is 12.6. The van der Waals surface area contributed by atoms with E-state index in [1.807, 2.05) is 50.2 Å². The SMILES string of the molecule is Cc1cc(C)cc(OCn2ccc(C(=O)Nc3nn(Cc4ccccc4Cl)cc3Cl)n2)c1. The Bertz CT molecular complexity index is 1240. The second-order valence-corrected chi connectivity index (χ2v) is 8.22. The molecule has 0 radical (unpaired) electrons. The van der Waals surface area contributed by atoms with Crippen LogP contribution in [-0.2, 0) is 13.3 Å². The summed E-state index contributed by atoms with van der Waals surface area (Å²) < 4.78 is 8.94. The van der Waals surface area contributed by atoms with E-state index in [1.54, 1.807) is 27.8 Å². The number of rotatable bonds is 7. The molecular weight excluding hydrogens is 449 g/mol. The lowest BCUT2D eigenvalue weighted by molar-refractivity contribution is 0.101. The number of carbonyl (C=O) groups excluding carboxylic acids is 1. The first-order chi connectivity index (χ1) is 15.4. The van der Waals surface area contributed by atoms with Gasteiger partial charge in [-0.15, -0.1) is 0 Å². The highest BCUT2D eigenvalue weighted by molar-refractivity contribution is 6.33. The Morgan fingerprint density at radius 1 is 1.00 bits per heavy atom. The Hall–Kier alpha value is -3.29. The fourth-order valence-corrected chi connectivity index (χ4v) is 3.64. The summed E-state index contributed by atoms with van der Waals surface area (Å²) >= 11 is 12.5. The quantitative estimate of drug-likeness (QED) is 0.396. The van der Waals surface area contributed by atoms with E-state index < -0.39 is 5.91 Å². The highest BCUT2D eigenvalue weighted by atomic mass is 35.5. The molecule has 4 rings (SSSR count). The molecule has 0 aliphatic carbocycles. The molecule has 0 unspecified atom stereocenters. The number of nitrogens with one attached hydrogen (secondary N) is 1. The summed E-state index contributed by atoms with van der Waals surface area (Å²) in [6.07, 6.45) is 3.31. The first-order valence-electron chi connectivity index (χ1n) is 9.89. The van der Waals surface area contributed by atoms with Gasteiger partial charge in [0.1, 0.15) is 10.8 Å². The highest BCUT2D eigenvalue weighted by Crippen LogP contribution is 2.22. The smallest absolute Gasteiger partial charge is 0.277 e. The van der Waals surface area contributed by atoms with Crippen LogP contribution in [0.25, 0.3) is 0 Å². The van der Waals surface area contributed by atoms with Gasteiger partial charge in [-0.25, -0.2) is 4.68 Å². The summed E-state index contributed by atoms with van der Waals surface area (Å²) in [4.78, 5) is 12.6. The van der Waals surface area contributed by atoms with Gasteiger partial charge in [0.25, 0.3) is 5.91 Å². The van der Waals surface area contributed by atoms with Crippen LogP contribution >= 0.6 is 23.2 Å². The lowest BCUT2D eigenvalue weighted by Crippen LogP contribution is -2.15. The van der Waals surface area contributed by atoms with Crippen molar-refractivity contribution in [1.29, 1.82) is 0 Å². The van der Waals surface area contributed by atoms with Crippen molar-refractivity contribution in [3.05, 3.63) is 93.4 Å². The minimum atomic E-state index is -0.417. The van der Waals surface area contributed by atoms with Crippen molar-refractivity contribution in [2.75, 3.05) is 5.32 Å². The van der Waals surface area contributed by atoms with Crippen molar-refractivity contribution >= 4 is 34.9 Å². The first-order valence-corrected chi connectivity index (χ1v) is 10.7. The largest absolute Gasteiger partial charge is 0.471 e. The van der Waals surface area contributed by atoms with Gasteiger partial charge in [0.2, 0.25) is 0 Å². The summed E-state index contributed by atoms with van der Waals surface area (Å²) in [5, 5.41) is 12.3. The molecule has 0 saturated heterocycles. The van der Waals surface area contributed by atoms with E-state index in [0.717, 1.165) is 22.4 Å². The molecule has 2 aromatic heterocycles. The maximum absolute atomic E-state index is 12.6. The Morgan fingerprint density at radius 3 is 2.50 bits per heavy atom. The second kappa shape index (κ2) is 9.46. The van der Waals surface area contributed by atoms with Crippen LogP contribution in [0.1, 0.15) is 27.2 Å². The average Bonchev–Trinajstić information content (AvgIpc) is 3.34. The normalized spacial score (nSPS) is 10.9. The molecule has 1 amide bonds. The number of hydrogen-bond donors (Lipinski definition) is 1. The molecule has 0 fully saturated rings. The minimum Gasteiger partial charge on any atom is -0.471 e. The third kappa shape index (κ3) is 5.30. The molecule has 0 atom stereocenters. The number of amides is 1. The second-order valence-electron chi connectivity index (χ2n) is 7.41. The number of hydrogen-bond acceptors (Lipinski definition) is 4. The molecular formula is C23H21Cl2N5O2. The maximum Gasteiger partial charge on any atom is 0.277 e. The predicted molar refractivity (Wildman–Crippen MR) is 125 cm³/mol. The number of aromatic nitrogens is 4. The Labute approximate surface area is 195 Å². The van der Waals surface area contributed by atoms with Crippen LogP contribution in [0.15, 0.2) is 60.9 Å². The number of aryl methyl sites for hydroxylation is 2. The predicted octanol–water partition coefficient (Wildman–Crippen LogP) is 5.34. The number of ether oxygens (including phenoxy) is 1. The van der Waals surface area contributed by atoms with Gasteiger partial charge >= 0.3 is 0 Å². The first kappa shape index (κ1) is 21.9. The molecule has 9 heteroatoms. The molecule has 0 aliphatic rings. The van der Waals surface area contributed by atoms with Gasteiger partial charge < -0.3 is 10.1 Å². The van der Waals surface area contributed by atoms with Crippen LogP contribution < -0.4 is 10.1 Å². The molecule has 32 heavy (non-hydrogen) atoms. The molecule has 4 aromatic rings. The summed E-state index contributed by atoms with van der Waals surface area (Å²) in [6.45, 7) is 4.64. The van der Waals surface area contributed by atoms with Gasteiger partial charge in [-0.05, 0) is 54.8 Å². The van der Waals surface area contributed by atoms with Crippen molar-refractivity contribution in [3.63, 3.8) is 0 Å². The molecule has 1 N–H and O–H groups in total. The molecule has 164 valence electrons. The summed E-state index contributed by atoms with van der Waals surface area (Å²) in [5.41, 5.74) is 3.36. The van der Waals surface area contributed by atoms with Crippen LogP contribution in [0.3, 0.4) is 0 Å². The summed E-state index contributed by atoms with van der Waals surface area (Å²) in [7, 11) is 0. The van der Waals surface area contributed by atoms with Crippen LogP contribution in [0.5, 0.6) is 5.75 Å². The van der Waals surface area contributed by atoms with Gasteiger partial charge in [-0.3, -0.25) is 9.48 Å². The van der Waals surface area contributed by atoms with Gasteiger partial charge in [0.15, 0.2) is 18.2 Å². The number of benzene rings is 2. The van der Waals surface area contributed by atoms with Crippen LogP contribution in [0, 0.1) is 13.8 Å². The Balaban J connectivity index is 1.39. The molecule has 7 nitrogen and oxygen atoms in total. The number of halogens is 2. The third-order valence-corrected chi connectivity index (χ3v) is 5.32. The fourth-order valence-electron chi connectivity index (χ4n) is 3.25. The van der Waals surface area contributed by atoms with Crippen molar-refractivity contribution in [2.24, 2.45) is 0 Å². The molecule has 0 saturated carbocycles. The summed E-state index contributed by atoms with van der Waals surface area (Å²) in [5.74, 6) is 0.588. The lowest BCUT2D eigenvalue weighted by atomic mass is 10.1.